The summed E-state index contributed by atoms with van der Waals surface area (Å²) in [5, 5.41) is 11.8. The van der Waals surface area contributed by atoms with Gasteiger partial charge in [0.25, 0.3) is 0 Å². The molecule has 4 heteroatoms. The van der Waals surface area contributed by atoms with Crippen LogP contribution in [0.4, 0.5) is 0 Å². The Kier molecular flexibility index (Phi) is 4.49. The standard InChI is InChI=1S/C28H32O4/c1-3-11-28(30)12-10-23-21-7-4-17-13-19(29)6-8-20(17)26(21)22(15-27(23,28)2)18-5-9-24-25(14-18)32-16-31-24/h3,5,9,11,13-14,21-23,30H,4,6-8,10,12,15-16H2,1-2H3/t21?,22-,23?,27?,28+/m1/s1. The van der Waals surface area contributed by atoms with Crippen LogP contribution in [0.2, 0.25) is 0 Å². The van der Waals surface area contributed by atoms with E-state index in [1.165, 1.54) is 16.7 Å². The van der Waals surface area contributed by atoms with Crippen molar-refractivity contribution in [3.8, 4) is 11.5 Å². The molecule has 0 radical (unpaired) electrons. The molecule has 1 N–H and O–H groups in total. The average Bonchev–Trinajstić information content (AvgIpc) is 3.35. The fraction of sp³-hybridized carbons (Fsp3) is 0.536. The van der Waals surface area contributed by atoms with E-state index in [1.54, 1.807) is 5.57 Å². The number of carbonyl (C=O) groups is 1. The van der Waals surface area contributed by atoms with Gasteiger partial charge in [-0.3, -0.25) is 4.79 Å². The SMILES string of the molecule is CC=C[C@]1(O)CCC2C3CCC4=CC(=O)CCC4=C3[C@@H](c3ccc4c(c3)OCO4)CC21C. The van der Waals surface area contributed by atoms with Gasteiger partial charge >= 0.3 is 0 Å². The Bertz CT molecular complexity index is 1080. The lowest BCUT2D eigenvalue weighted by atomic mass is 9.51. The minimum Gasteiger partial charge on any atom is -0.454 e. The zero-order valence-electron chi connectivity index (χ0n) is 19.0. The molecule has 2 saturated carbocycles. The summed E-state index contributed by atoms with van der Waals surface area (Å²) in [6, 6.07) is 6.36. The monoisotopic (exact) mass is 432 g/mol. The first-order valence-corrected chi connectivity index (χ1v) is 12.2. The first-order valence-electron chi connectivity index (χ1n) is 12.2. The molecule has 0 amide bonds. The number of ketones is 1. The molecule has 5 aliphatic rings. The highest BCUT2D eigenvalue weighted by atomic mass is 16.7. The molecule has 0 aromatic heterocycles. The zero-order valence-corrected chi connectivity index (χ0v) is 19.0. The van der Waals surface area contributed by atoms with Crippen LogP contribution in [0.3, 0.4) is 0 Å². The van der Waals surface area contributed by atoms with Crippen LogP contribution in [0, 0.1) is 17.3 Å². The first kappa shape index (κ1) is 20.3. The molecular formula is C28H32O4. The van der Waals surface area contributed by atoms with E-state index in [0.29, 0.717) is 18.3 Å². The molecule has 5 atom stereocenters. The van der Waals surface area contributed by atoms with Crippen molar-refractivity contribution in [2.45, 2.75) is 70.3 Å². The average molecular weight is 433 g/mol. The summed E-state index contributed by atoms with van der Waals surface area (Å²) in [7, 11) is 0. The molecular weight excluding hydrogens is 400 g/mol. The molecule has 4 nitrogen and oxygen atoms in total. The molecule has 6 rings (SSSR count). The minimum atomic E-state index is -0.768. The van der Waals surface area contributed by atoms with Crippen LogP contribution in [0.5, 0.6) is 11.5 Å². The number of fused-ring (bicyclic) bond motifs is 5. The van der Waals surface area contributed by atoms with Crippen molar-refractivity contribution >= 4 is 5.78 Å². The quantitative estimate of drug-likeness (QED) is 0.616. The number of ether oxygens (including phenoxy) is 2. The third kappa shape index (κ3) is 2.75. The largest absolute Gasteiger partial charge is 0.454 e. The van der Waals surface area contributed by atoms with Crippen LogP contribution >= 0.6 is 0 Å². The molecule has 0 saturated heterocycles. The van der Waals surface area contributed by atoms with Crippen molar-refractivity contribution in [1.82, 2.24) is 0 Å². The topological polar surface area (TPSA) is 55.8 Å². The Labute approximate surface area is 190 Å². The van der Waals surface area contributed by atoms with Gasteiger partial charge in [-0.2, -0.15) is 0 Å². The number of aliphatic hydroxyl groups is 1. The van der Waals surface area contributed by atoms with Crippen molar-refractivity contribution in [3.05, 3.63) is 58.7 Å². The second kappa shape index (κ2) is 7.08. The van der Waals surface area contributed by atoms with Gasteiger partial charge in [-0.15, -0.1) is 0 Å². The Balaban J connectivity index is 1.53. The maximum atomic E-state index is 12.2. The van der Waals surface area contributed by atoms with Crippen LogP contribution in [0.25, 0.3) is 0 Å². The van der Waals surface area contributed by atoms with E-state index in [-0.39, 0.29) is 23.9 Å². The Morgan fingerprint density at radius 1 is 1.12 bits per heavy atom. The molecule has 4 aliphatic carbocycles. The molecule has 1 aliphatic heterocycles. The second-order valence-corrected chi connectivity index (χ2v) is 10.6. The molecule has 168 valence electrons. The number of carbonyl (C=O) groups excluding carboxylic acids is 1. The third-order valence-electron chi connectivity index (χ3n) is 9.19. The fourth-order valence-electron chi connectivity index (χ4n) is 7.68. The molecule has 0 spiro atoms. The maximum Gasteiger partial charge on any atom is 0.231 e. The van der Waals surface area contributed by atoms with E-state index in [0.717, 1.165) is 50.0 Å². The lowest BCUT2D eigenvalue weighted by Crippen LogP contribution is -2.50. The van der Waals surface area contributed by atoms with Gasteiger partial charge in [0.2, 0.25) is 6.79 Å². The molecule has 1 aromatic carbocycles. The van der Waals surface area contributed by atoms with Crippen molar-refractivity contribution in [1.29, 1.82) is 0 Å². The van der Waals surface area contributed by atoms with Crippen molar-refractivity contribution in [2.75, 3.05) is 6.79 Å². The highest BCUT2D eigenvalue weighted by Crippen LogP contribution is 2.67. The zero-order chi connectivity index (χ0) is 22.1. The summed E-state index contributed by atoms with van der Waals surface area (Å²) in [5.41, 5.74) is 4.54. The maximum absolute atomic E-state index is 12.2. The van der Waals surface area contributed by atoms with Gasteiger partial charge in [-0.25, -0.2) is 0 Å². The van der Waals surface area contributed by atoms with Gasteiger partial charge in [0.05, 0.1) is 5.60 Å². The Morgan fingerprint density at radius 2 is 1.97 bits per heavy atom. The van der Waals surface area contributed by atoms with Gasteiger partial charge in [0, 0.05) is 17.8 Å². The van der Waals surface area contributed by atoms with E-state index in [1.807, 2.05) is 25.1 Å². The summed E-state index contributed by atoms with van der Waals surface area (Å²) in [4.78, 5) is 12.2. The first-order chi connectivity index (χ1) is 15.4. The molecule has 2 fully saturated rings. The normalized spacial score (nSPS) is 37.9. The molecule has 1 aromatic rings. The van der Waals surface area contributed by atoms with Crippen molar-refractivity contribution in [2.24, 2.45) is 17.3 Å². The predicted octanol–water partition coefficient (Wildman–Crippen LogP) is 5.62. The molecule has 1 heterocycles. The number of allylic oxidation sites excluding steroid dienone is 5. The van der Waals surface area contributed by atoms with Crippen molar-refractivity contribution in [3.63, 3.8) is 0 Å². The third-order valence-corrected chi connectivity index (χ3v) is 9.19. The van der Waals surface area contributed by atoms with Gasteiger partial charge in [-0.1, -0.05) is 30.7 Å². The summed E-state index contributed by atoms with van der Waals surface area (Å²) in [6.07, 6.45) is 12.3. The van der Waals surface area contributed by atoms with Crippen LogP contribution in [0.1, 0.15) is 70.3 Å². The van der Waals surface area contributed by atoms with E-state index in [4.69, 9.17) is 9.47 Å². The molecule has 32 heavy (non-hydrogen) atoms. The van der Waals surface area contributed by atoms with Crippen molar-refractivity contribution < 1.29 is 19.4 Å². The fourth-order valence-corrected chi connectivity index (χ4v) is 7.68. The van der Waals surface area contributed by atoms with E-state index < -0.39 is 5.60 Å². The lowest BCUT2D eigenvalue weighted by Gasteiger charge is -2.54. The predicted molar refractivity (Wildman–Crippen MR) is 123 cm³/mol. The summed E-state index contributed by atoms with van der Waals surface area (Å²) < 4.78 is 11.3. The highest BCUT2D eigenvalue weighted by Gasteiger charge is 2.61. The summed E-state index contributed by atoms with van der Waals surface area (Å²) in [5.74, 6) is 3.04. The highest BCUT2D eigenvalue weighted by molar-refractivity contribution is 5.93. The van der Waals surface area contributed by atoms with E-state index in [9.17, 15) is 9.90 Å². The number of hydrogen-bond donors (Lipinski definition) is 1. The van der Waals surface area contributed by atoms with Crippen LogP contribution in [-0.2, 0) is 4.79 Å². The number of rotatable bonds is 2. The lowest BCUT2D eigenvalue weighted by molar-refractivity contribution is -0.114. The van der Waals surface area contributed by atoms with Gasteiger partial charge in [0.15, 0.2) is 17.3 Å². The summed E-state index contributed by atoms with van der Waals surface area (Å²) >= 11 is 0. The van der Waals surface area contributed by atoms with Crippen LogP contribution in [0.15, 0.2) is 53.1 Å². The van der Waals surface area contributed by atoms with Gasteiger partial charge < -0.3 is 14.6 Å². The van der Waals surface area contributed by atoms with E-state index in [2.05, 4.69) is 25.1 Å². The summed E-state index contributed by atoms with van der Waals surface area (Å²) in [6.45, 7) is 4.61. The number of benzene rings is 1. The Morgan fingerprint density at radius 3 is 2.81 bits per heavy atom. The minimum absolute atomic E-state index is 0.180. The molecule has 3 unspecified atom stereocenters. The Hall–Kier alpha value is -2.33. The van der Waals surface area contributed by atoms with E-state index >= 15 is 0 Å². The van der Waals surface area contributed by atoms with Crippen LogP contribution < -0.4 is 9.47 Å². The second-order valence-electron chi connectivity index (χ2n) is 10.6. The molecule has 0 bridgehead atoms. The van der Waals surface area contributed by atoms with Gasteiger partial charge in [-0.05, 0) is 92.2 Å². The number of hydrogen-bond acceptors (Lipinski definition) is 4. The van der Waals surface area contributed by atoms with Crippen LogP contribution in [-0.4, -0.2) is 23.3 Å². The van der Waals surface area contributed by atoms with Gasteiger partial charge in [0.1, 0.15) is 0 Å². The smallest absolute Gasteiger partial charge is 0.231 e.